The van der Waals surface area contributed by atoms with Crippen molar-refractivity contribution >= 4 is 62.5 Å². The van der Waals surface area contributed by atoms with Crippen LogP contribution in [0.1, 0.15) is 17.3 Å². The molecule has 0 aliphatic heterocycles. The molecular weight excluding hydrogens is 418 g/mol. The number of halogens is 4. The molecule has 5 nitrogen and oxygen atoms in total. The minimum Gasteiger partial charge on any atom is -0.488 e. The van der Waals surface area contributed by atoms with Gasteiger partial charge in [0.15, 0.2) is 0 Å². The van der Waals surface area contributed by atoms with Crippen LogP contribution in [0.5, 0.6) is 5.75 Å². The molecule has 120 valence electrons. The van der Waals surface area contributed by atoms with E-state index in [4.69, 9.17) is 45.3 Å². The zero-order valence-corrected chi connectivity index (χ0v) is 15.2. The van der Waals surface area contributed by atoms with Gasteiger partial charge in [0.05, 0.1) is 5.03 Å². The second kappa shape index (κ2) is 8.62. The molecule has 0 saturated carbocycles. The fraction of sp³-hybridized carbons (Fsp3) is 0.231. The highest BCUT2D eigenvalue weighted by atomic mass is 79.9. The van der Waals surface area contributed by atoms with Crippen molar-refractivity contribution in [3.8, 4) is 5.75 Å². The molecule has 0 aliphatic carbocycles. The zero-order chi connectivity index (χ0) is 16.9. The number of rotatable bonds is 6. The van der Waals surface area contributed by atoms with Crippen LogP contribution in [-0.2, 0) is 4.79 Å². The molecule has 22 heavy (non-hydrogen) atoms. The summed E-state index contributed by atoms with van der Waals surface area (Å²) in [6.45, 7) is 1.45. The van der Waals surface area contributed by atoms with Crippen molar-refractivity contribution in [1.82, 2.24) is 5.32 Å². The Morgan fingerprint density at radius 1 is 1.32 bits per heavy atom. The van der Waals surface area contributed by atoms with E-state index < -0.39 is 17.9 Å². The topological polar surface area (TPSA) is 81.4 Å². The molecular formula is C13H12BrCl3N2O3. The molecule has 0 aromatic heterocycles. The third-order valence-corrected chi connectivity index (χ3v) is 3.88. The van der Waals surface area contributed by atoms with E-state index in [1.165, 1.54) is 13.0 Å². The lowest BCUT2D eigenvalue weighted by Gasteiger charge is -2.12. The maximum Gasteiger partial charge on any atom is 0.252 e. The Morgan fingerprint density at radius 2 is 1.95 bits per heavy atom. The lowest BCUT2D eigenvalue weighted by molar-refractivity contribution is -0.119. The van der Waals surface area contributed by atoms with Gasteiger partial charge in [0.1, 0.15) is 22.9 Å². The third-order valence-electron chi connectivity index (χ3n) is 2.48. The van der Waals surface area contributed by atoms with Crippen LogP contribution in [-0.4, -0.2) is 24.5 Å². The van der Waals surface area contributed by atoms with Crippen LogP contribution in [0.4, 0.5) is 0 Å². The van der Waals surface area contributed by atoms with Gasteiger partial charge in [0.25, 0.3) is 5.91 Å². The lowest BCUT2D eigenvalue weighted by Crippen LogP contribution is -2.42. The fourth-order valence-corrected chi connectivity index (χ4v) is 1.97. The molecule has 1 aromatic rings. The van der Waals surface area contributed by atoms with E-state index >= 15 is 0 Å². The Balaban J connectivity index is 2.88. The smallest absolute Gasteiger partial charge is 0.252 e. The zero-order valence-electron chi connectivity index (χ0n) is 11.3. The Morgan fingerprint density at radius 3 is 2.50 bits per heavy atom. The molecule has 1 aromatic carbocycles. The molecule has 1 atom stereocenters. The first kappa shape index (κ1) is 19.1. The van der Waals surface area contributed by atoms with Crippen molar-refractivity contribution in [3.63, 3.8) is 0 Å². The first-order valence-electron chi connectivity index (χ1n) is 5.94. The number of hydrogen-bond acceptors (Lipinski definition) is 3. The minimum atomic E-state index is -0.789. The molecule has 0 fully saturated rings. The maximum atomic E-state index is 12.0. The molecule has 3 N–H and O–H groups in total. The normalized spacial score (nSPS) is 11.5. The summed E-state index contributed by atoms with van der Waals surface area (Å²) in [5, 5.41) is 2.60. The second-order valence-corrected chi connectivity index (χ2v) is 6.55. The van der Waals surface area contributed by atoms with E-state index in [0.717, 1.165) is 0 Å². The highest BCUT2D eigenvalue weighted by Gasteiger charge is 2.15. The summed E-state index contributed by atoms with van der Waals surface area (Å²) in [7, 11) is 0. The SMILES string of the molecule is C[C@H](NC(=O)c1cc(Br)cc(OCC(Cl)=C(Cl)Cl)c1)C(N)=O. The molecule has 0 spiro atoms. The third kappa shape index (κ3) is 6.04. The van der Waals surface area contributed by atoms with Crippen molar-refractivity contribution in [2.45, 2.75) is 13.0 Å². The number of amides is 2. The first-order valence-corrected chi connectivity index (χ1v) is 7.86. The van der Waals surface area contributed by atoms with E-state index in [9.17, 15) is 9.59 Å². The molecule has 0 bridgehead atoms. The van der Waals surface area contributed by atoms with Crippen molar-refractivity contribution in [1.29, 1.82) is 0 Å². The van der Waals surface area contributed by atoms with Crippen LogP contribution in [0, 0.1) is 0 Å². The Hall–Kier alpha value is -0.950. The summed E-state index contributed by atoms with van der Waals surface area (Å²) in [6, 6.07) is 3.91. The highest BCUT2D eigenvalue weighted by molar-refractivity contribution is 9.10. The standard InChI is InChI=1S/C13H12BrCl3N2O3/c1-6(12(18)20)19-13(21)7-2-8(14)4-9(3-7)22-5-10(15)11(16)17/h2-4,6H,5H2,1H3,(H2,18,20)(H,19,21)/t6-/m0/s1. The molecule has 0 aliphatic rings. The molecule has 1 rings (SSSR count). The van der Waals surface area contributed by atoms with Crippen molar-refractivity contribution < 1.29 is 14.3 Å². The van der Waals surface area contributed by atoms with E-state index in [-0.39, 0.29) is 21.7 Å². The second-order valence-electron chi connectivity index (χ2n) is 4.23. The van der Waals surface area contributed by atoms with E-state index in [2.05, 4.69) is 21.2 Å². The minimum absolute atomic E-state index is 0.0426. The van der Waals surface area contributed by atoms with Gasteiger partial charge in [-0.25, -0.2) is 0 Å². The highest BCUT2D eigenvalue weighted by Crippen LogP contribution is 2.24. The summed E-state index contributed by atoms with van der Waals surface area (Å²) in [5.41, 5.74) is 5.39. The van der Waals surface area contributed by atoms with Gasteiger partial charge in [-0.15, -0.1) is 0 Å². The number of primary amides is 1. The van der Waals surface area contributed by atoms with Gasteiger partial charge in [-0.1, -0.05) is 50.7 Å². The van der Waals surface area contributed by atoms with E-state index in [0.29, 0.717) is 10.2 Å². The van der Waals surface area contributed by atoms with E-state index in [1.807, 2.05) is 0 Å². The lowest BCUT2D eigenvalue weighted by atomic mass is 10.2. The van der Waals surface area contributed by atoms with Gasteiger partial charge in [-0.2, -0.15) is 0 Å². The number of ether oxygens (including phenoxy) is 1. The van der Waals surface area contributed by atoms with E-state index in [1.54, 1.807) is 12.1 Å². The van der Waals surface area contributed by atoms with Crippen LogP contribution in [0.25, 0.3) is 0 Å². The predicted octanol–water partition coefficient (Wildman–Crippen LogP) is 3.32. The monoisotopic (exact) mass is 428 g/mol. The predicted molar refractivity (Wildman–Crippen MR) is 90.3 cm³/mol. The summed E-state index contributed by atoms with van der Waals surface area (Å²) < 4.78 is 5.91. The molecule has 0 unspecified atom stereocenters. The number of carbonyl (C=O) groups excluding carboxylic acids is 2. The summed E-state index contributed by atoms with van der Waals surface area (Å²) in [4.78, 5) is 23.0. The molecule has 9 heteroatoms. The van der Waals surface area contributed by atoms with Gasteiger partial charge >= 0.3 is 0 Å². The van der Waals surface area contributed by atoms with Gasteiger partial charge in [0, 0.05) is 10.0 Å². The maximum absolute atomic E-state index is 12.0. The van der Waals surface area contributed by atoms with Crippen LogP contribution in [0.3, 0.4) is 0 Å². The quantitative estimate of drug-likeness (QED) is 0.727. The number of hydrogen-bond donors (Lipinski definition) is 2. The summed E-state index contributed by atoms with van der Waals surface area (Å²) in [6.07, 6.45) is 0. The van der Waals surface area contributed by atoms with Gasteiger partial charge in [0.2, 0.25) is 5.91 Å². The van der Waals surface area contributed by atoms with Crippen LogP contribution >= 0.6 is 50.7 Å². The number of nitrogens with two attached hydrogens (primary N) is 1. The average molecular weight is 431 g/mol. The van der Waals surface area contributed by atoms with Crippen LogP contribution < -0.4 is 15.8 Å². The van der Waals surface area contributed by atoms with Gasteiger partial charge in [-0.05, 0) is 25.1 Å². The molecule has 0 radical (unpaired) electrons. The van der Waals surface area contributed by atoms with Crippen molar-refractivity contribution in [2.24, 2.45) is 5.73 Å². The summed E-state index contributed by atoms with van der Waals surface area (Å²) in [5.74, 6) is -0.720. The average Bonchev–Trinajstić information content (AvgIpc) is 2.43. The number of carbonyl (C=O) groups is 2. The van der Waals surface area contributed by atoms with Crippen molar-refractivity contribution in [3.05, 3.63) is 37.8 Å². The van der Waals surface area contributed by atoms with Gasteiger partial charge in [-0.3, -0.25) is 9.59 Å². The fourth-order valence-electron chi connectivity index (χ4n) is 1.33. The molecule has 2 amide bonds. The molecule has 0 heterocycles. The Labute approximate surface area is 150 Å². The molecule has 0 saturated heterocycles. The first-order chi connectivity index (χ1) is 10.2. The number of nitrogens with one attached hydrogen (secondary N) is 1. The largest absolute Gasteiger partial charge is 0.488 e. The van der Waals surface area contributed by atoms with Crippen LogP contribution in [0.15, 0.2) is 32.2 Å². The summed E-state index contributed by atoms with van der Waals surface area (Å²) >= 11 is 20.0. The van der Waals surface area contributed by atoms with Crippen LogP contribution in [0.2, 0.25) is 0 Å². The Kier molecular flexibility index (Phi) is 7.48. The van der Waals surface area contributed by atoms with Gasteiger partial charge < -0.3 is 15.8 Å². The van der Waals surface area contributed by atoms with Crippen molar-refractivity contribution in [2.75, 3.05) is 6.61 Å². The Bertz CT molecular complexity index is 619. The number of benzene rings is 1.